The molecule has 1 aliphatic carbocycles. The Hall–Kier alpha value is -2.82. The van der Waals surface area contributed by atoms with Crippen molar-refractivity contribution in [2.24, 2.45) is 11.1 Å². The number of nitrogens with one attached hydrogen (secondary N) is 1. The first-order chi connectivity index (χ1) is 11.1. The number of hydrogen-bond acceptors (Lipinski definition) is 4. The number of oxime groups is 1. The topological polar surface area (TPSA) is 70.9 Å². The van der Waals surface area contributed by atoms with Gasteiger partial charge in [0.05, 0.1) is 11.6 Å². The second kappa shape index (κ2) is 4.84. The van der Waals surface area contributed by atoms with Crippen molar-refractivity contribution >= 4 is 17.3 Å². The van der Waals surface area contributed by atoms with Crippen LogP contribution < -0.4 is 10.1 Å². The minimum atomic E-state index is -0.971. The number of para-hydroxylation sites is 1. The van der Waals surface area contributed by atoms with E-state index in [1.807, 2.05) is 49.4 Å². The van der Waals surface area contributed by atoms with Crippen LogP contribution in [0.5, 0.6) is 5.75 Å². The fraction of sp³-hybridized carbons (Fsp3) is 0.222. The lowest BCUT2D eigenvalue weighted by Crippen LogP contribution is -2.41. The fourth-order valence-corrected chi connectivity index (χ4v) is 3.12. The summed E-state index contributed by atoms with van der Waals surface area (Å²) in [6.45, 7) is 1.99. The highest BCUT2D eigenvalue weighted by molar-refractivity contribution is 6.15. The number of hydrogen-bond donors (Lipinski definition) is 2. The SMILES string of the molecule is Cc1ccc(NC(=O)C23CC2C(=NO)c2ccccc2O3)cc1. The van der Waals surface area contributed by atoms with Crippen molar-refractivity contribution in [3.63, 3.8) is 0 Å². The molecule has 4 rings (SSSR count). The van der Waals surface area contributed by atoms with E-state index in [9.17, 15) is 10.0 Å². The molecular formula is C18H16N2O3. The molecule has 2 N–H and O–H groups in total. The van der Waals surface area contributed by atoms with Gasteiger partial charge in [0.25, 0.3) is 5.91 Å². The van der Waals surface area contributed by atoms with Crippen molar-refractivity contribution in [2.45, 2.75) is 18.9 Å². The number of rotatable bonds is 2. The van der Waals surface area contributed by atoms with Crippen molar-refractivity contribution in [2.75, 3.05) is 5.32 Å². The number of fused-ring (bicyclic) bond motifs is 2. The number of ether oxygens (including phenoxy) is 1. The number of amides is 1. The first kappa shape index (κ1) is 13.8. The lowest BCUT2D eigenvalue weighted by Gasteiger charge is -2.25. The summed E-state index contributed by atoms with van der Waals surface area (Å²) in [7, 11) is 0. The zero-order valence-corrected chi connectivity index (χ0v) is 12.6. The van der Waals surface area contributed by atoms with Crippen molar-refractivity contribution in [1.82, 2.24) is 0 Å². The Bertz CT molecular complexity index is 813. The number of benzene rings is 2. The van der Waals surface area contributed by atoms with Crippen LogP contribution in [-0.2, 0) is 4.79 Å². The molecule has 0 saturated heterocycles. The van der Waals surface area contributed by atoms with Crippen LogP contribution in [0.3, 0.4) is 0 Å². The van der Waals surface area contributed by atoms with E-state index in [0.717, 1.165) is 16.8 Å². The maximum atomic E-state index is 12.7. The Kier molecular flexibility index (Phi) is 2.91. The molecule has 2 unspecified atom stereocenters. The van der Waals surface area contributed by atoms with E-state index >= 15 is 0 Å². The van der Waals surface area contributed by atoms with E-state index in [1.54, 1.807) is 6.07 Å². The summed E-state index contributed by atoms with van der Waals surface area (Å²) in [5.74, 6) is 0.156. The predicted octanol–water partition coefficient (Wildman–Crippen LogP) is 2.96. The van der Waals surface area contributed by atoms with Crippen molar-refractivity contribution in [1.29, 1.82) is 0 Å². The Morgan fingerprint density at radius 1 is 1.26 bits per heavy atom. The second-order valence-electron chi connectivity index (χ2n) is 6.05. The van der Waals surface area contributed by atoms with Crippen LogP contribution in [0.2, 0.25) is 0 Å². The van der Waals surface area contributed by atoms with Gasteiger partial charge in [0, 0.05) is 17.7 Å². The molecule has 2 aromatic rings. The molecule has 1 aliphatic heterocycles. The molecule has 1 amide bonds. The highest BCUT2D eigenvalue weighted by atomic mass is 16.5. The summed E-state index contributed by atoms with van der Waals surface area (Å²) in [6, 6.07) is 14.9. The van der Waals surface area contributed by atoms with Gasteiger partial charge in [0.1, 0.15) is 5.75 Å². The summed E-state index contributed by atoms with van der Waals surface area (Å²) >= 11 is 0. The van der Waals surface area contributed by atoms with E-state index in [0.29, 0.717) is 17.9 Å². The summed E-state index contributed by atoms with van der Waals surface area (Å²) in [6.07, 6.45) is 0.513. The molecule has 23 heavy (non-hydrogen) atoms. The van der Waals surface area contributed by atoms with Gasteiger partial charge >= 0.3 is 0 Å². The fourth-order valence-electron chi connectivity index (χ4n) is 3.12. The highest BCUT2D eigenvalue weighted by Crippen LogP contribution is 2.54. The Balaban J connectivity index is 1.63. The maximum Gasteiger partial charge on any atom is 0.269 e. The molecule has 0 radical (unpaired) electrons. The van der Waals surface area contributed by atoms with Gasteiger partial charge in [-0.2, -0.15) is 0 Å². The molecule has 1 heterocycles. The van der Waals surface area contributed by atoms with Crippen LogP contribution >= 0.6 is 0 Å². The first-order valence-electron chi connectivity index (χ1n) is 7.52. The van der Waals surface area contributed by atoms with E-state index < -0.39 is 5.60 Å². The molecule has 1 saturated carbocycles. The molecule has 2 aromatic carbocycles. The number of aryl methyl sites for hydroxylation is 1. The van der Waals surface area contributed by atoms with E-state index in [4.69, 9.17) is 4.74 Å². The van der Waals surface area contributed by atoms with Crippen LogP contribution in [-0.4, -0.2) is 22.4 Å². The zero-order chi connectivity index (χ0) is 16.0. The Morgan fingerprint density at radius 2 is 2.00 bits per heavy atom. The third kappa shape index (κ3) is 2.08. The van der Waals surface area contributed by atoms with Crippen LogP contribution in [0.15, 0.2) is 53.7 Å². The molecule has 1 fully saturated rings. The zero-order valence-electron chi connectivity index (χ0n) is 12.6. The summed E-state index contributed by atoms with van der Waals surface area (Å²) in [5, 5.41) is 15.7. The quantitative estimate of drug-likeness (QED) is 0.662. The van der Waals surface area contributed by atoms with Crippen LogP contribution in [0.4, 0.5) is 5.69 Å². The summed E-state index contributed by atoms with van der Waals surface area (Å²) in [5.41, 5.74) is 2.15. The minimum Gasteiger partial charge on any atom is -0.476 e. The number of carbonyl (C=O) groups excluding carboxylic acids is 1. The summed E-state index contributed by atoms with van der Waals surface area (Å²) in [4.78, 5) is 12.7. The van der Waals surface area contributed by atoms with Crippen LogP contribution in [0.1, 0.15) is 17.5 Å². The third-order valence-electron chi connectivity index (χ3n) is 4.50. The van der Waals surface area contributed by atoms with Crippen LogP contribution in [0, 0.1) is 12.8 Å². The van der Waals surface area contributed by atoms with Gasteiger partial charge in [-0.05, 0) is 31.2 Å². The minimum absolute atomic E-state index is 0.206. The first-order valence-corrected chi connectivity index (χ1v) is 7.52. The van der Waals surface area contributed by atoms with Gasteiger partial charge in [-0.25, -0.2) is 0 Å². The van der Waals surface area contributed by atoms with Gasteiger partial charge < -0.3 is 15.3 Å². The lowest BCUT2D eigenvalue weighted by atomic mass is 9.99. The molecule has 116 valence electrons. The standard InChI is InChI=1S/C18H16N2O3/c1-11-6-8-12(9-7-11)19-17(21)18-10-14(18)16(20-22)13-4-2-3-5-15(13)23-18/h2-9,14,22H,10H2,1H3,(H,19,21). The summed E-state index contributed by atoms with van der Waals surface area (Å²) < 4.78 is 5.98. The number of nitrogens with zero attached hydrogens (tertiary/aromatic N) is 1. The molecule has 5 heteroatoms. The average Bonchev–Trinajstić information content (AvgIpc) is 3.30. The van der Waals surface area contributed by atoms with Crippen molar-refractivity contribution < 1.29 is 14.7 Å². The van der Waals surface area contributed by atoms with Gasteiger partial charge in [0.2, 0.25) is 0 Å². The average molecular weight is 308 g/mol. The Labute approximate surface area is 133 Å². The molecule has 5 nitrogen and oxygen atoms in total. The lowest BCUT2D eigenvalue weighted by molar-refractivity contribution is -0.125. The number of anilines is 1. The molecule has 2 aliphatic rings. The monoisotopic (exact) mass is 308 g/mol. The van der Waals surface area contributed by atoms with Gasteiger partial charge in [-0.1, -0.05) is 35.0 Å². The highest BCUT2D eigenvalue weighted by Gasteiger charge is 2.68. The normalized spacial score (nSPS) is 26.0. The smallest absolute Gasteiger partial charge is 0.269 e. The van der Waals surface area contributed by atoms with Crippen molar-refractivity contribution in [3.05, 3.63) is 59.7 Å². The molecule has 0 bridgehead atoms. The third-order valence-corrected chi connectivity index (χ3v) is 4.50. The van der Waals surface area contributed by atoms with Crippen LogP contribution in [0.25, 0.3) is 0 Å². The molecule has 2 atom stereocenters. The maximum absolute atomic E-state index is 12.7. The van der Waals surface area contributed by atoms with E-state index in [-0.39, 0.29) is 11.8 Å². The van der Waals surface area contributed by atoms with Gasteiger partial charge in [-0.3, -0.25) is 4.79 Å². The molecule has 0 spiro atoms. The number of carbonyl (C=O) groups is 1. The molecular weight excluding hydrogens is 292 g/mol. The van der Waals surface area contributed by atoms with Crippen molar-refractivity contribution in [3.8, 4) is 5.75 Å². The second-order valence-corrected chi connectivity index (χ2v) is 6.05. The predicted molar refractivity (Wildman–Crippen MR) is 86.0 cm³/mol. The molecule has 0 aromatic heterocycles. The van der Waals surface area contributed by atoms with E-state index in [2.05, 4.69) is 10.5 Å². The van der Waals surface area contributed by atoms with Gasteiger partial charge in [0.15, 0.2) is 5.60 Å². The largest absolute Gasteiger partial charge is 0.476 e. The van der Waals surface area contributed by atoms with Gasteiger partial charge in [-0.15, -0.1) is 0 Å². The van der Waals surface area contributed by atoms with E-state index in [1.165, 1.54) is 0 Å². The Morgan fingerprint density at radius 3 is 2.74 bits per heavy atom.